The Morgan fingerprint density at radius 3 is 3.07 bits per heavy atom. The number of alkyl halides is 1. The number of fused-ring (bicyclic) bond motifs is 1. The second kappa shape index (κ2) is 3.49. The van der Waals surface area contributed by atoms with Gasteiger partial charge in [0.15, 0.2) is 4.95 Å². The van der Waals surface area contributed by atoms with E-state index in [0.29, 0.717) is 5.56 Å². The molecule has 4 nitrogen and oxygen atoms in total. The summed E-state index contributed by atoms with van der Waals surface area (Å²) in [5.41, 5.74) is 2.18. The van der Waals surface area contributed by atoms with Crippen molar-refractivity contribution in [1.82, 2.24) is 0 Å². The van der Waals surface area contributed by atoms with Crippen LogP contribution in [0.4, 0.5) is 5.69 Å². The van der Waals surface area contributed by atoms with Crippen LogP contribution in [0.1, 0.15) is 20.9 Å². The molecule has 0 aromatic heterocycles. The third kappa shape index (κ3) is 1.43. The van der Waals surface area contributed by atoms with Crippen molar-refractivity contribution in [2.75, 3.05) is 7.11 Å². The van der Waals surface area contributed by atoms with Crippen LogP contribution in [0, 0.1) is 0 Å². The topological polar surface area (TPSA) is 51.0 Å². The first-order chi connectivity index (χ1) is 6.72. The van der Waals surface area contributed by atoms with Crippen LogP contribution in [-0.2, 0) is 4.74 Å². The number of hydrogen-bond acceptors (Lipinski definition) is 4. The molecule has 0 saturated carbocycles. The fourth-order valence-corrected chi connectivity index (χ4v) is 1.73. The highest BCUT2D eigenvalue weighted by molar-refractivity contribution is 9.09. The summed E-state index contributed by atoms with van der Waals surface area (Å²) >= 11 is 3.34. The van der Waals surface area contributed by atoms with Crippen LogP contribution in [0.3, 0.4) is 0 Å². The molecule has 0 bridgehead atoms. The molecule has 0 N–H and O–H groups in total. The van der Waals surface area contributed by atoms with Crippen LogP contribution in [-0.4, -0.2) is 13.1 Å². The van der Waals surface area contributed by atoms with Gasteiger partial charge in [0, 0.05) is 5.56 Å². The molecule has 14 heavy (non-hydrogen) atoms. The second-order valence-electron chi connectivity index (χ2n) is 2.82. The molecule has 1 atom stereocenters. The Morgan fingerprint density at radius 1 is 1.57 bits per heavy atom. The number of carbonyl (C=O) groups excluding carboxylic acids is 1. The summed E-state index contributed by atoms with van der Waals surface area (Å²) in [7, 11) is 1.35. The van der Waals surface area contributed by atoms with Crippen molar-refractivity contribution < 1.29 is 9.53 Å². The summed E-state index contributed by atoms with van der Waals surface area (Å²) in [5, 5.41) is 7.85. The zero-order valence-electron chi connectivity index (χ0n) is 7.40. The number of carbonyl (C=O) groups is 1. The lowest BCUT2D eigenvalue weighted by Gasteiger charge is -2.02. The molecular weight excluding hydrogens is 248 g/mol. The number of ether oxygens (including phenoxy) is 1. The van der Waals surface area contributed by atoms with Crippen LogP contribution < -0.4 is 0 Å². The van der Waals surface area contributed by atoms with E-state index in [4.69, 9.17) is 0 Å². The number of azo groups is 1. The van der Waals surface area contributed by atoms with Crippen molar-refractivity contribution in [2.24, 2.45) is 10.2 Å². The molecule has 2 rings (SSSR count). The predicted octanol–water partition coefficient (Wildman–Crippen LogP) is 2.96. The minimum Gasteiger partial charge on any atom is -0.465 e. The zero-order chi connectivity index (χ0) is 10.1. The molecule has 1 heterocycles. The fraction of sp³-hybridized carbons (Fsp3) is 0.222. The normalized spacial score (nSPS) is 18.0. The summed E-state index contributed by atoms with van der Waals surface area (Å²) in [6, 6.07) is 5.20. The van der Waals surface area contributed by atoms with Crippen molar-refractivity contribution in [1.29, 1.82) is 0 Å². The maximum atomic E-state index is 11.2. The van der Waals surface area contributed by atoms with Gasteiger partial charge in [0.05, 0.1) is 18.4 Å². The van der Waals surface area contributed by atoms with Gasteiger partial charge in [-0.05, 0) is 12.1 Å². The van der Waals surface area contributed by atoms with Gasteiger partial charge in [-0.15, -0.1) is 0 Å². The molecule has 1 aliphatic rings. The van der Waals surface area contributed by atoms with E-state index >= 15 is 0 Å². The Balaban J connectivity index is 2.42. The summed E-state index contributed by atoms with van der Waals surface area (Å²) in [4.78, 5) is 11.1. The van der Waals surface area contributed by atoms with Crippen LogP contribution in [0.25, 0.3) is 0 Å². The van der Waals surface area contributed by atoms with Crippen LogP contribution in [0.5, 0.6) is 0 Å². The monoisotopic (exact) mass is 254 g/mol. The van der Waals surface area contributed by atoms with Crippen molar-refractivity contribution in [3.63, 3.8) is 0 Å². The number of halogens is 1. The molecule has 0 aliphatic carbocycles. The Hall–Kier alpha value is -1.23. The van der Waals surface area contributed by atoms with E-state index in [1.165, 1.54) is 7.11 Å². The standard InChI is InChI=1S/C9H7BrN2O2/c1-14-9(13)5-2-3-6-7(4-5)11-12-8(6)10/h2-4,8H,1H3/t8-/m0/s1. The smallest absolute Gasteiger partial charge is 0.337 e. The number of benzene rings is 1. The average molecular weight is 255 g/mol. The first-order valence-electron chi connectivity index (χ1n) is 3.99. The van der Waals surface area contributed by atoms with Crippen molar-refractivity contribution in [2.45, 2.75) is 4.95 Å². The van der Waals surface area contributed by atoms with Gasteiger partial charge in [0.25, 0.3) is 0 Å². The van der Waals surface area contributed by atoms with Gasteiger partial charge in [0.1, 0.15) is 0 Å². The molecule has 1 aromatic carbocycles. The largest absolute Gasteiger partial charge is 0.465 e. The number of methoxy groups -OCH3 is 1. The van der Waals surface area contributed by atoms with Gasteiger partial charge in [-0.3, -0.25) is 0 Å². The Kier molecular flexibility index (Phi) is 2.33. The highest BCUT2D eigenvalue weighted by Gasteiger charge is 2.19. The molecule has 0 spiro atoms. The Bertz CT molecular complexity index is 417. The lowest BCUT2D eigenvalue weighted by molar-refractivity contribution is 0.0601. The third-order valence-electron chi connectivity index (χ3n) is 1.98. The van der Waals surface area contributed by atoms with Gasteiger partial charge >= 0.3 is 5.97 Å². The van der Waals surface area contributed by atoms with E-state index in [9.17, 15) is 4.79 Å². The molecule has 0 saturated heterocycles. The predicted molar refractivity (Wildman–Crippen MR) is 54.0 cm³/mol. The lowest BCUT2D eigenvalue weighted by Crippen LogP contribution is -2.00. The number of rotatable bonds is 1. The third-order valence-corrected chi connectivity index (χ3v) is 2.65. The molecule has 5 heteroatoms. The molecule has 0 unspecified atom stereocenters. The summed E-state index contributed by atoms with van der Waals surface area (Å²) in [6.45, 7) is 0. The van der Waals surface area contributed by atoms with E-state index in [1.807, 2.05) is 6.07 Å². The highest BCUT2D eigenvalue weighted by Crippen LogP contribution is 2.39. The minimum absolute atomic E-state index is 0.0933. The zero-order valence-corrected chi connectivity index (χ0v) is 8.98. The van der Waals surface area contributed by atoms with E-state index in [0.717, 1.165) is 11.3 Å². The maximum absolute atomic E-state index is 11.2. The van der Waals surface area contributed by atoms with E-state index < -0.39 is 0 Å². The molecule has 1 aromatic rings. The molecule has 0 amide bonds. The Labute approximate surface area is 89.1 Å². The Morgan fingerprint density at radius 2 is 2.36 bits per heavy atom. The first-order valence-corrected chi connectivity index (χ1v) is 4.91. The highest BCUT2D eigenvalue weighted by atomic mass is 79.9. The SMILES string of the molecule is COC(=O)c1ccc2c(c1)N=N[C@@H]2Br. The molecule has 0 fully saturated rings. The lowest BCUT2D eigenvalue weighted by atomic mass is 10.1. The summed E-state index contributed by atoms with van der Waals surface area (Å²) in [6.07, 6.45) is 0. The van der Waals surface area contributed by atoms with Crippen LogP contribution in [0.15, 0.2) is 28.4 Å². The second-order valence-corrected chi connectivity index (χ2v) is 3.68. The molecule has 72 valence electrons. The van der Waals surface area contributed by atoms with Crippen molar-refractivity contribution in [3.8, 4) is 0 Å². The van der Waals surface area contributed by atoms with Gasteiger partial charge in [-0.25, -0.2) is 4.79 Å². The van der Waals surface area contributed by atoms with E-state index in [2.05, 4.69) is 30.9 Å². The van der Waals surface area contributed by atoms with Crippen LogP contribution >= 0.6 is 15.9 Å². The van der Waals surface area contributed by atoms with Gasteiger partial charge in [-0.2, -0.15) is 10.2 Å². The van der Waals surface area contributed by atoms with E-state index in [1.54, 1.807) is 12.1 Å². The quantitative estimate of drug-likeness (QED) is 0.440. The number of hydrogen-bond donors (Lipinski definition) is 0. The minimum atomic E-state index is -0.360. The van der Waals surface area contributed by atoms with Crippen molar-refractivity contribution in [3.05, 3.63) is 29.3 Å². The van der Waals surface area contributed by atoms with Crippen molar-refractivity contribution >= 4 is 27.6 Å². The maximum Gasteiger partial charge on any atom is 0.337 e. The van der Waals surface area contributed by atoms with Crippen LogP contribution in [0.2, 0.25) is 0 Å². The molecule has 1 aliphatic heterocycles. The molecular formula is C9H7BrN2O2. The van der Waals surface area contributed by atoms with Gasteiger partial charge in [0.2, 0.25) is 0 Å². The number of esters is 1. The van der Waals surface area contributed by atoms with Gasteiger partial charge in [-0.1, -0.05) is 22.0 Å². The van der Waals surface area contributed by atoms with Gasteiger partial charge < -0.3 is 4.74 Å². The first kappa shape index (κ1) is 9.33. The number of nitrogens with zero attached hydrogens (tertiary/aromatic N) is 2. The average Bonchev–Trinajstić information content (AvgIpc) is 2.59. The van der Waals surface area contributed by atoms with E-state index in [-0.39, 0.29) is 10.9 Å². The molecule has 0 radical (unpaired) electrons. The summed E-state index contributed by atoms with van der Waals surface area (Å²) in [5.74, 6) is -0.360. The fourth-order valence-electron chi connectivity index (χ4n) is 1.25. The summed E-state index contributed by atoms with van der Waals surface area (Å²) < 4.78 is 4.60.